The number of carbonyl (C=O) groups is 7. The summed E-state index contributed by atoms with van der Waals surface area (Å²) in [5.74, 6) is -4.82. The Balaban J connectivity index is 0.647. The highest BCUT2D eigenvalue weighted by Gasteiger charge is 2.46. The molecule has 147 heavy (non-hydrogen) atoms. The molecule has 48 nitrogen and oxygen atoms in total. The van der Waals surface area contributed by atoms with Crippen molar-refractivity contribution >= 4 is 66.1 Å². The predicted molar refractivity (Wildman–Crippen MR) is 524 cm³/mol. The van der Waals surface area contributed by atoms with Crippen molar-refractivity contribution in [2.24, 2.45) is 11.7 Å². The minimum absolute atomic E-state index is 0.00431. The van der Waals surface area contributed by atoms with E-state index >= 15 is 4.39 Å². The Morgan fingerprint density at radius 1 is 0.565 bits per heavy atom. The highest BCUT2D eigenvalue weighted by molar-refractivity contribution is 7.47. The molecule has 7 amide bonds. The molecule has 1 aliphatic carbocycles. The minimum Gasteiger partial charge on any atom is -0.465 e. The predicted octanol–water partition coefficient (Wildman–Crippen LogP) is 3.51. The number of urea groups is 1. The van der Waals surface area contributed by atoms with Gasteiger partial charge in [0.15, 0.2) is 5.60 Å². The summed E-state index contributed by atoms with van der Waals surface area (Å²) in [5.41, 5.74) is 6.11. The van der Waals surface area contributed by atoms with Crippen LogP contribution in [0.5, 0.6) is 0 Å². The van der Waals surface area contributed by atoms with Crippen LogP contribution in [0.1, 0.15) is 103 Å². The second-order valence-corrected chi connectivity index (χ2v) is 35.2. The maximum atomic E-state index is 15.7. The molecule has 10 N–H and O–H groups in total. The van der Waals surface area contributed by atoms with Gasteiger partial charge in [-0.3, -0.25) is 33.0 Å². The molecule has 4 aromatic rings. The van der Waals surface area contributed by atoms with Crippen LogP contribution in [0.2, 0.25) is 0 Å². The van der Waals surface area contributed by atoms with Crippen LogP contribution in [0.4, 0.5) is 19.7 Å². The minimum atomic E-state index is -5.13. The molecule has 1 unspecified atom stereocenters. The number of benzene rings is 2. The number of phosphoric ester groups is 1. The number of nitrogens with one attached hydrogen (secondary N) is 5. The zero-order chi connectivity index (χ0) is 106. The average molecular weight is 2120 g/mol. The molecule has 2 aromatic carbocycles. The van der Waals surface area contributed by atoms with E-state index in [0.29, 0.717) is 305 Å². The number of carboxylic acid groups (broad SMARTS) is 1. The van der Waals surface area contributed by atoms with Crippen LogP contribution < -0.4 is 37.9 Å². The van der Waals surface area contributed by atoms with E-state index in [1.165, 1.54) is 46.8 Å². The van der Waals surface area contributed by atoms with Crippen molar-refractivity contribution in [3.8, 4) is 11.4 Å². The molecule has 5 atom stereocenters. The van der Waals surface area contributed by atoms with Gasteiger partial charge >= 0.3 is 25.9 Å². The number of hydrogen-bond donors (Lipinski definition) is 9. The number of hydrogen-bond acceptors (Lipinski definition) is 38. The summed E-state index contributed by atoms with van der Waals surface area (Å²) < 4.78 is 179. The standard InChI is InChI=1S/C97H155FN9O39P/c1-7-97(117)79-64-84-90-77(67-107(84)93(112)78(79)69-144-94(97)113)88-81(13-12-76-72(4)80(98)65-83(103-90)87(76)88)102-85(108)70-146-147(118,119)145-68-73-10-11-75(101-91(110)82(9-8-15-100-95(99)114)104-92(111)89(71(2)3)105-96(115)116)63-74(73)66-106(5)86(109)14-16-121-19-20-123-23-24-125-27-28-127-31-32-129-35-36-131-39-40-133-43-44-135-47-48-137-51-52-139-55-56-141-59-60-143-62-61-142-58-57-140-54-53-138-50-49-136-46-45-134-42-41-132-38-37-130-34-33-128-30-29-126-26-25-124-22-21-122-18-17-120-6/h10-11,63-65,71,81-82,89,105,117H,7-9,12-62,66-70H2,1-6H3,(H,101,110)(H,102,108)(H,104,111)(H,115,116)(H,118,119)(H3,99,100,114)/t81-,82-,89-,97-/m0/s1. The smallest absolute Gasteiger partial charge is 0.465 e. The second-order valence-electron chi connectivity index (χ2n) is 33.7. The van der Waals surface area contributed by atoms with E-state index in [4.69, 9.17) is 138 Å². The van der Waals surface area contributed by atoms with E-state index in [9.17, 15) is 58.0 Å². The number of phosphoric acid groups is 1. The number of aromatic nitrogens is 2. The summed E-state index contributed by atoms with van der Waals surface area (Å²) in [6.07, 6.45) is -1.09. The Bertz CT molecular complexity index is 4560. The number of carbonyl (C=O) groups excluding carboxylic acids is 6. The third-order valence-electron chi connectivity index (χ3n) is 22.7. The topological polar surface area (TPSA) is 571 Å². The maximum Gasteiger partial charge on any atom is 0.473 e. The highest BCUT2D eigenvalue weighted by atomic mass is 31.2. The fourth-order valence-electron chi connectivity index (χ4n) is 15.0. The van der Waals surface area contributed by atoms with Crippen molar-refractivity contribution in [3.63, 3.8) is 0 Å². The molecule has 0 radical (unpaired) electrons. The van der Waals surface area contributed by atoms with E-state index in [1.54, 1.807) is 34.8 Å². The van der Waals surface area contributed by atoms with Crippen molar-refractivity contribution in [2.45, 2.75) is 116 Å². The van der Waals surface area contributed by atoms with Crippen LogP contribution >= 0.6 is 7.82 Å². The van der Waals surface area contributed by atoms with Crippen molar-refractivity contribution < 1.29 is 185 Å². The molecule has 2 aromatic heterocycles. The van der Waals surface area contributed by atoms with E-state index in [1.807, 2.05) is 0 Å². The molecular formula is C97H155FN9O39P. The number of primary amides is 1. The zero-order valence-corrected chi connectivity index (χ0v) is 86.6. The van der Waals surface area contributed by atoms with E-state index in [2.05, 4.69) is 26.6 Å². The Labute approximate surface area is 856 Å². The van der Waals surface area contributed by atoms with Gasteiger partial charge in [0, 0.05) is 55.5 Å². The maximum absolute atomic E-state index is 15.7. The van der Waals surface area contributed by atoms with E-state index < -0.39 is 104 Å². The number of amides is 7. The number of pyridine rings is 2. The van der Waals surface area contributed by atoms with Gasteiger partial charge in [-0.25, -0.2) is 28.3 Å². The SMILES string of the molecule is CC[C@@]1(O)C(=O)OCc2c1cc1n(c2=O)Cc2c-1nc1cc(F)c(C)c3c1c2[C@@H](NC(=O)COP(=O)(O)OCc1ccc(NC(=O)[C@H](CCCNC(N)=O)NC(=O)[C@@H](NC(=O)O)C(C)C)cc1CN(C)C(=O)CCOCCOCCOCCOCCOCCOCCOCCOCCOCCOCCOCCOCCOCCOCCOCCOCCOCCOCCOCCOCCOCCOCCOCCOC)CC3. The fourth-order valence-corrected chi connectivity index (χ4v) is 15.6. The summed E-state index contributed by atoms with van der Waals surface area (Å²) >= 11 is 0. The van der Waals surface area contributed by atoms with E-state index in [-0.39, 0.29) is 143 Å². The molecule has 50 heteroatoms. The van der Waals surface area contributed by atoms with Crippen LogP contribution in [0.15, 0.2) is 35.1 Å². The van der Waals surface area contributed by atoms with Crippen molar-refractivity contribution in [2.75, 3.05) is 343 Å². The largest absolute Gasteiger partial charge is 0.473 e. The van der Waals surface area contributed by atoms with Gasteiger partial charge in [0.05, 0.1) is 359 Å². The summed E-state index contributed by atoms with van der Waals surface area (Å²) in [7, 11) is -2.00. The fraction of sp³-hybridized carbons (Fsp3) is 0.722. The number of nitrogens with two attached hydrogens (primary N) is 1. The molecule has 0 saturated heterocycles. The number of fused-ring (bicyclic) bond motifs is 5. The molecule has 0 spiro atoms. The molecule has 4 heterocycles. The number of rotatable bonds is 92. The van der Waals surface area contributed by atoms with Crippen LogP contribution in [-0.2, 0) is 194 Å². The van der Waals surface area contributed by atoms with Gasteiger partial charge < -0.3 is 175 Å². The van der Waals surface area contributed by atoms with Crippen molar-refractivity contribution in [1.29, 1.82) is 0 Å². The molecular weight excluding hydrogens is 1970 g/mol. The molecule has 0 fully saturated rings. The summed E-state index contributed by atoms with van der Waals surface area (Å²) in [5, 5.41) is 34.3. The molecule has 0 saturated carbocycles. The number of ether oxygens (including phenoxy) is 25. The third-order valence-corrected chi connectivity index (χ3v) is 23.6. The number of aryl methyl sites for hydroxylation is 1. The van der Waals surface area contributed by atoms with Crippen LogP contribution in [0, 0.1) is 18.7 Å². The first-order valence-electron chi connectivity index (χ1n) is 49.9. The lowest BCUT2D eigenvalue weighted by Crippen LogP contribution is -2.54. The molecule has 2 aliphatic heterocycles. The van der Waals surface area contributed by atoms with Gasteiger partial charge in [-0.05, 0) is 91.0 Å². The monoisotopic (exact) mass is 2120 g/mol. The normalized spacial score (nSPS) is 15.0. The van der Waals surface area contributed by atoms with Crippen molar-refractivity contribution in [1.82, 2.24) is 35.7 Å². The number of cyclic esters (lactones) is 1. The first-order valence-corrected chi connectivity index (χ1v) is 51.4. The summed E-state index contributed by atoms with van der Waals surface area (Å²) in [4.78, 5) is 123. The number of anilines is 1. The number of nitrogens with zero attached hydrogens (tertiary/aromatic N) is 3. The van der Waals surface area contributed by atoms with Crippen LogP contribution in [0.25, 0.3) is 22.3 Å². The highest BCUT2D eigenvalue weighted by Crippen LogP contribution is 2.48. The Hall–Kier alpha value is -8.27. The van der Waals surface area contributed by atoms with Gasteiger partial charge in [0.1, 0.15) is 31.1 Å². The number of aliphatic hydroxyl groups is 1. The number of esters is 1. The quantitative estimate of drug-likeness (QED) is 0.0153. The molecule has 3 aliphatic rings. The first kappa shape index (κ1) is 126. The second kappa shape index (κ2) is 75.5. The average Bonchev–Trinajstić information content (AvgIpc) is 1.60. The Kier molecular flexibility index (Phi) is 64.5. The van der Waals surface area contributed by atoms with Crippen LogP contribution in [0.3, 0.4) is 0 Å². The lowest BCUT2D eigenvalue weighted by molar-refractivity contribution is -0.172. The lowest BCUT2D eigenvalue weighted by atomic mass is 9.81. The van der Waals surface area contributed by atoms with Gasteiger partial charge in [-0.2, -0.15) is 0 Å². The summed E-state index contributed by atoms with van der Waals surface area (Å²) in [6, 6.07) is 2.87. The van der Waals surface area contributed by atoms with E-state index in [0.717, 1.165) is 0 Å². The third kappa shape index (κ3) is 49.8. The van der Waals surface area contributed by atoms with Gasteiger partial charge in [-0.15, -0.1) is 0 Å². The van der Waals surface area contributed by atoms with Crippen LogP contribution in [-0.4, -0.2) is 421 Å². The summed E-state index contributed by atoms with van der Waals surface area (Å²) in [6.45, 7) is 24.1. The lowest BCUT2D eigenvalue weighted by Gasteiger charge is -2.31. The Morgan fingerprint density at radius 3 is 1.37 bits per heavy atom. The first-order chi connectivity index (χ1) is 71.4. The molecule has 7 rings (SSSR count). The zero-order valence-electron chi connectivity index (χ0n) is 85.7. The Morgan fingerprint density at radius 2 is 0.980 bits per heavy atom. The van der Waals surface area contributed by atoms with Gasteiger partial charge in [0.2, 0.25) is 23.6 Å². The molecule has 0 bridgehead atoms. The number of halogens is 1. The number of methoxy groups -OCH3 is 1. The van der Waals surface area contributed by atoms with Gasteiger partial charge in [0.25, 0.3) is 5.56 Å². The van der Waals surface area contributed by atoms with Gasteiger partial charge in [-0.1, -0.05) is 26.8 Å². The van der Waals surface area contributed by atoms with Crippen molar-refractivity contribution in [3.05, 3.63) is 91.0 Å². The molecule has 834 valence electrons.